The van der Waals surface area contributed by atoms with Crippen LogP contribution in [0.15, 0.2) is 0 Å². The van der Waals surface area contributed by atoms with Crippen molar-refractivity contribution in [3.05, 3.63) is 0 Å². The Morgan fingerprint density at radius 1 is 1.40 bits per heavy atom. The Hall–Kier alpha value is -0.710. The third kappa shape index (κ3) is 1.73. The number of halogens is 2. The van der Waals surface area contributed by atoms with Crippen molar-refractivity contribution in [2.75, 3.05) is 14.2 Å². The molecule has 5 heteroatoms. The zero-order valence-corrected chi connectivity index (χ0v) is 8.93. The molecule has 1 amide bonds. The first kappa shape index (κ1) is 10.8. The molecular formula is C10H15F2NO2. The van der Waals surface area contributed by atoms with Gasteiger partial charge in [-0.1, -0.05) is 0 Å². The second-order valence-corrected chi connectivity index (χ2v) is 4.83. The first-order valence-corrected chi connectivity index (χ1v) is 5.07. The number of alkyl halides is 2. The average Bonchev–Trinajstić information content (AvgIpc) is 2.07. The Balaban J connectivity index is 1.82. The van der Waals surface area contributed by atoms with Crippen LogP contribution in [-0.4, -0.2) is 31.1 Å². The number of carbonyl (C=O) groups excluding carboxylic acids is 1. The lowest BCUT2D eigenvalue weighted by Crippen LogP contribution is -2.56. The topological polar surface area (TPSA) is 29.5 Å². The maximum absolute atomic E-state index is 12.7. The van der Waals surface area contributed by atoms with Gasteiger partial charge in [-0.2, -0.15) is 0 Å². The quantitative estimate of drug-likeness (QED) is 0.663. The molecule has 0 radical (unpaired) electrons. The molecule has 0 atom stereocenters. The Labute approximate surface area is 87.3 Å². The van der Waals surface area contributed by atoms with Crippen LogP contribution in [0.3, 0.4) is 0 Å². The lowest BCUT2D eigenvalue weighted by atomic mass is 9.50. The lowest BCUT2D eigenvalue weighted by Gasteiger charge is -2.56. The van der Waals surface area contributed by atoms with Gasteiger partial charge in [0.15, 0.2) is 0 Å². The van der Waals surface area contributed by atoms with Crippen LogP contribution in [-0.2, 0) is 9.63 Å². The molecule has 0 bridgehead atoms. The van der Waals surface area contributed by atoms with Gasteiger partial charge in [0, 0.05) is 25.8 Å². The summed E-state index contributed by atoms with van der Waals surface area (Å²) in [5.41, 5.74) is -0.238. The molecule has 3 nitrogen and oxygen atoms in total. The first-order chi connectivity index (χ1) is 6.87. The van der Waals surface area contributed by atoms with E-state index in [1.165, 1.54) is 12.2 Å². The fraction of sp³-hybridized carbons (Fsp3) is 0.900. The predicted octanol–water partition coefficient (Wildman–Crippen LogP) is 1.83. The Morgan fingerprint density at radius 2 is 1.93 bits per heavy atom. The van der Waals surface area contributed by atoms with Crippen LogP contribution in [0.5, 0.6) is 0 Å². The molecule has 0 N–H and O–H groups in total. The molecule has 0 saturated heterocycles. The second-order valence-electron chi connectivity index (χ2n) is 4.83. The van der Waals surface area contributed by atoms with Crippen molar-refractivity contribution in [3.8, 4) is 0 Å². The van der Waals surface area contributed by atoms with Crippen LogP contribution in [0.1, 0.15) is 25.7 Å². The molecule has 86 valence electrons. The van der Waals surface area contributed by atoms with Gasteiger partial charge >= 0.3 is 0 Å². The monoisotopic (exact) mass is 219 g/mol. The zero-order valence-electron chi connectivity index (χ0n) is 8.93. The standard InChI is InChI=1S/C10H15F2NO2/c1-13(15-2)8(14)7-3-9(4-7)5-10(11,12)6-9/h7H,3-6H2,1-2H3. The van der Waals surface area contributed by atoms with Crippen LogP contribution >= 0.6 is 0 Å². The lowest BCUT2D eigenvalue weighted by molar-refractivity contribution is -0.220. The molecule has 2 aliphatic carbocycles. The highest BCUT2D eigenvalue weighted by atomic mass is 19.3. The molecule has 2 fully saturated rings. The van der Waals surface area contributed by atoms with Gasteiger partial charge < -0.3 is 0 Å². The van der Waals surface area contributed by atoms with E-state index in [1.807, 2.05) is 0 Å². The van der Waals surface area contributed by atoms with Crippen LogP contribution in [0, 0.1) is 11.3 Å². The van der Waals surface area contributed by atoms with Crippen molar-refractivity contribution >= 4 is 5.91 Å². The van der Waals surface area contributed by atoms with E-state index in [2.05, 4.69) is 0 Å². The average molecular weight is 219 g/mol. The Kier molecular flexibility index (Phi) is 2.26. The van der Waals surface area contributed by atoms with Gasteiger partial charge in [0.1, 0.15) is 0 Å². The molecule has 2 rings (SSSR count). The van der Waals surface area contributed by atoms with E-state index in [0.717, 1.165) is 0 Å². The highest BCUT2D eigenvalue weighted by molar-refractivity contribution is 5.78. The summed E-state index contributed by atoms with van der Waals surface area (Å²) < 4.78 is 25.4. The van der Waals surface area contributed by atoms with Crippen molar-refractivity contribution in [2.24, 2.45) is 11.3 Å². The van der Waals surface area contributed by atoms with Gasteiger partial charge in [0.05, 0.1) is 7.11 Å². The molecule has 0 unspecified atom stereocenters. The van der Waals surface area contributed by atoms with Gasteiger partial charge in [0.2, 0.25) is 11.8 Å². The molecule has 15 heavy (non-hydrogen) atoms. The number of hydroxylamine groups is 2. The molecule has 0 heterocycles. The van der Waals surface area contributed by atoms with E-state index in [9.17, 15) is 13.6 Å². The number of amides is 1. The highest BCUT2D eigenvalue weighted by Gasteiger charge is 2.63. The summed E-state index contributed by atoms with van der Waals surface area (Å²) in [5.74, 6) is -2.70. The van der Waals surface area contributed by atoms with Crippen LogP contribution in [0.25, 0.3) is 0 Å². The van der Waals surface area contributed by atoms with Gasteiger partial charge in [-0.05, 0) is 18.3 Å². The molecule has 0 aliphatic heterocycles. The van der Waals surface area contributed by atoms with Crippen molar-refractivity contribution in [1.82, 2.24) is 5.06 Å². The van der Waals surface area contributed by atoms with E-state index in [4.69, 9.17) is 4.84 Å². The molecule has 0 aromatic heterocycles. The first-order valence-electron chi connectivity index (χ1n) is 5.07. The fourth-order valence-electron chi connectivity index (χ4n) is 2.84. The summed E-state index contributed by atoms with van der Waals surface area (Å²) in [6.07, 6.45) is 1.10. The molecular weight excluding hydrogens is 204 g/mol. The normalized spacial score (nSPS) is 26.9. The smallest absolute Gasteiger partial charge is 0.249 e. The third-order valence-electron chi connectivity index (χ3n) is 3.56. The highest BCUT2D eigenvalue weighted by Crippen LogP contribution is 2.64. The van der Waals surface area contributed by atoms with E-state index < -0.39 is 5.92 Å². The molecule has 2 saturated carbocycles. The van der Waals surface area contributed by atoms with Crippen molar-refractivity contribution < 1.29 is 18.4 Å². The van der Waals surface area contributed by atoms with Crippen molar-refractivity contribution in [3.63, 3.8) is 0 Å². The maximum atomic E-state index is 12.7. The summed E-state index contributed by atoms with van der Waals surface area (Å²) in [5, 5.41) is 1.17. The SMILES string of the molecule is CON(C)C(=O)C1CC2(C1)CC(F)(F)C2. The molecule has 2 aliphatic rings. The summed E-state index contributed by atoms with van der Waals surface area (Å²) >= 11 is 0. The number of hydrogen-bond donors (Lipinski definition) is 0. The van der Waals surface area contributed by atoms with Gasteiger partial charge in [-0.15, -0.1) is 0 Å². The number of rotatable bonds is 2. The van der Waals surface area contributed by atoms with Crippen molar-refractivity contribution in [2.45, 2.75) is 31.6 Å². The third-order valence-corrected chi connectivity index (χ3v) is 3.56. The summed E-state index contributed by atoms with van der Waals surface area (Å²) in [6.45, 7) is 0. The minimum atomic E-state index is -2.48. The largest absolute Gasteiger partial charge is 0.275 e. The minimum Gasteiger partial charge on any atom is -0.275 e. The fourth-order valence-corrected chi connectivity index (χ4v) is 2.84. The van der Waals surface area contributed by atoms with Gasteiger partial charge in [-0.25, -0.2) is 13.8 Å². The molecule has 0 aromatic rings. The summed E-state index contributed by atoms with van der Waals surface area (Å²) in [4.78, 5) is 16.3. The molecule has 0 aromatic carbocycles. The van der Waals surface area contributed by atoms with Gasteiger partial charge in [-0.3, -0.25) is 9.63 Å². The van der Waals surface area contributed by atoms with Crippen molar-refractivity contribution in [1.29, 1.82) is 0 Å². The summed E-state index contributed by atoms with van der Waals surface area (Å²) in [6, 6.07) is 0. The van der Waals surface area contributed by atoms with E-state index in [1.54, 1.807) is 7.05 Å². The predicted molar refractivity (Wildman–Crippen MR) is 49.1 cm³/mol. The number of nitrogens with zero attached hydrogens (tertiary/aromatic N) is 1. The Bertz CT molecular complexity index is 277. The summed E-state index contributed by atoms with van der Waals surface area (Å²) in [7, 11) is 2.96. The number of carbonyl (C=O) groups is 1. The second kappa shape index (κ2) is 3.14. The maximum Gasteiger partial charge on any atom is 0.249 e. The Morgan fingerprint density at radius 3 is 2.33 bits per heavy atom. The van der Waals surface area contributed by atoms with Crippen LogP contribution < -0.4 is 0 Å². The van der Waals surface area contributed by atoms with Gasteiger partial charge in [0.25, 0.3) is 0 Å². The molecule has 1 spiro atoms. The van der Waals surface area contributed by atoms with Crippen LogP contribution in [0.2, 0.25) is 0 Å². The van der Waals surface area contributed by atoms with Crippen LogP contribution in [0.4, 0.5) is 8.78 Å². The minimum absolute atomic E-state index is 0.0412. The van der Waals surface area contributed by atoms with E-state index >= 15 is 0 Å². The number of hydrogen-bond acceptors (Lipinski definition) is 2. The van der Waals surface area contributed by atoms with E-state index in [0.29, 0.717) is 12.8 Å². The van der Waals surface area contributed by atoms with E-state index in [-0.39, 0.29) is 30.1 Å². The zero-order chi connectivity index (χ0) is 11.3.